The van der Waals surface area contributed by atoms with Gasteiger partial charge in [0.2, 0.25) is 0 Å². The molecule has 2 aromatic rings. The number of nitro groups is 2. The molecule has 0 aliphatic rings. The number of hydrogen-bond donors (Lipinski definition) is 0. The third-order valence-corrected chi connectivity index (χ3v) is 2.60. The molecule has 0 atom stereocenters. The minimum atomic E-state index is -0.699. The molecule has 0 saturated carbocycles. The highest BCUT2D eigenvalue weighted by Crippen LogP contribution is 2.25. The molecular formula is C11H8N4O5. The normalized spacial score (nSPS) is 10.2. The number of nitro benzene ring substituents is 2. The van der Waals surface area contributed by atoms with Crippen LogP contribution in [0, 0.1) is 20.2 Å². The number of aldehydes is 1. The SMILES string of the molecule is O=Cc1cnn(Cc2ccc([N+](=O)[O-])cc2[N+](=O)[O-])c1. The van der Waals surface area contributed by atoms with Gasteiger partial charge < -0.3 is 0 Å². The summed E-state index contributed by atoms with van der Waals surface area (Å²) >= 11 is 0. The highest BCUT2D eigenvalue weighted by molar-refractivity contribution is 5.73. The van der Waals surface area contributed by atoms with Crippen LogP contribution in [0.25, 0.3) is 0 Å². The van der Waals surface area contributed by atoms with Gasteiger partial charge in [-0.1, -0.05) is 0 Å². The highest BCUT2D eigenvalue weighted by Gasteiger charge is 2.19. The van der Waals surface area contributed by atoms with Gasteiger partial charge in [0.15, 0.2) is 6.29 Å². The van der Waals surface area contributed by atoms with E-state index in [1.807, 2.05) is 0 Å². The molecule has 2 rings (SSSR count). The number of carbonyl (C=O) groups excluding carboxylic acids is 1. The first-order valence-electron chi connectivity index (χ1n) is 5.40. The maximum atomic E-state index is 10.9. The monoisotopic (exact) mass is 276 g/mol. The van der Waals surface area contributed by atoms with Crippen LogP contribution in [0.4, 0.5) is 11.4 Å². The summed E-state index contributed by atoms with van der Waals surface area (Å²) in [5, 5.41) is 25.4. The summed E-state index contributed by atoms with van der Waals surface area (Å²) in [5.41, 5.74) is -0.104. The van der Waals surface area contributed by atoms with Crippen LogP contribution in [0.15, 0.2) is 30.6 Å². The Kier molecular flexibility index (Phi) is 3.51. The molecule has 102 valence electrons. The maximum absolute atomic E-state index is 10.9. The fraction of sp³-hybridized carbons (Fsp3) is 0.0909. The van der Waals surface area contributed by atoms with E-state index in [4.69, 9.17) is 0 Å². The van der Waals surface area contributed by atoms with Gasteiger partial charge in [0, 0.05) is 12.3 Å². The Hall–Kier alpha value is -3.10. The highest BCUT2D eigenvalue weighted by atomic mass is 16.6. The molecule has 0 unspecified atom stereocenters. The molecule has 0 saturated heterocycles. The Morgan fingerprint density at radius 1 is 1.25 bits per heavy atom. The van der Waals surface area contributed by atoms with E-state index < -0.39 is 9.85 Å². The molecule has 0 amide bonds. The Labute approximate surface area is 111 Å². The smallest absolute Gasteiger partial charge is 0.281 e. The minimum absolute atomic E-state index is 0.0438. The van der Waals surface area contributed by atoms with E-state index >= 15 is 0 Å². The van der Waals surface area contributed by atoms with Crippen LogP contribution < -0.4 is 0 Å². The summed E-state index contributed by atoms with van der Waals surface area (Å²) in [4.78, 5) is 30.7. The second-order valence-electron chi connectivity index (χ2n) is 3.92. The van der Waals surface area contributed by atoms with Crippen molar-refractivity contribution in [1.82, 2.24) is 9.78 Å². The molecule has 0 radical (unpaired) electrons. The molecule has 1 aromatic heterocycles. The number of aromatic nitrogens is 2. The summed E-state index contributed by atoms with van der Waals surface area (Å²) < 4.78 is 1.35. The van der Waals surface area contributed by atoms with Crippen molar-refractivity contribution in [2.24, 2.45) is 0 Å². The van der Waals surface area contributed by atoms with Gasteiger partial charge in [0.05, 0.1) is 39.8 Å². The first-order chi connectivity index (χ1) is 9.51. The van der Waals surface area contributed by atoms with Crippen LogP contribution in [0.2, 0.25) is 0 Å². The van der Waals surface area contributed by atoms with Crippen molar-refractivity contribution in [2.45, 2.75) is 6.54 Å². The first kappa shape index (κ1) is 13.3. The van der Waals surface area contributed by atoms with E-state index in [1.165, 1.54) is 29.2 Å². The second kappa shape index (κ2) is 5.26. The number of carbonyl (C=O) groups is 1. The Balaban J connectivity index is 2.37. The molecular weight excluding hydrogens is 268 g/mol. The molecule has 0 N–H and O–H groups in total. The van der Waals surface area contributed by atoms with Gasteiger partial charge in [-0.2, -0.15) is 5.10 Å². The lowest BCUT2D eigenvalue weighted by atomic mass is 10.1. The number of hydrogen-bond acceptors (Lipinski definition) is 6. The van der Waals surface area contributed by atoms with E-state index in [0.29, 0.717) is 11.8 Å². The third-order valence-electron chi connectivity index (χ3n) is 2.60. The van der Waals surface area contributed by atoms with Crippen molar-refractivity contribution >= 4 is 17.7 Å². The summed E-state index contributed by atoms with van der Waals surface area (Å²) in [6, 6.07) is 3.39. The van der Waals surface area contributed by atoms with E-state index in [0.717, 1.165) is 6.07 Å². The van der Waals surface area contributed by atoms with Gasteiger partial charge in [-0.25, -0.2) is 0 Å². The topological polar surface area (TPSA) is 121 Å². The van der Waals surface area contributed by atoms with Gasteiger partial charge in [0.1, 0.15) is 0 Å². The minimum Gasteiger partial charge on any atom is -0.298 e. The molecule has 0 bridgehead atoms. The zero-order valence-corrected chi connectivity index (χ0v) is 10.0. The van der Waals surface area contributed by atoms with Crippen molar-refractivity contribution < 1.29 is 14.6 Å². The van der Waals surface area contributed by atoms with Crippen molar-refractivity contribution in [3.05, 3.63) is 61.9 Å². The lowest BCUT2D eigenvalue weighted by Gasteiger charge is -2.03. The largest absolute Gasteiger partial charge is 0.298 e. The molecule has 9 heteroatoms. The van der Waals surface area contributed by atoms with E-state index in [2.05, 4.69) is 5.10 Å². The average molecular weight is 276 g/mol. The van der Waals surface area contributed by atoms with Crippen LogP contribution in [-0.2, 0) is 6.54 Å². The van der Waals surface area contributed by atoms with Gasteiger partial charge in [-0.3, -0.25) is 29.7 Å². The molecule has 1 heterocycles. The molecule has 0 aliphatic heterocycles. The lowest BCUT2D eigenvalue weighted by Crippen LogP contribution is -2.04. The van der Waals surface area contributed by atoms with Gasteiger partial charge in [-0.15, -0.1) is 0 Å². The fourth-order valence-corrected chi connectivity index (χ4v) is 1.67. The number of nitrogens with zero attached hydrogens (tertiary/aromatic N) is 4. The van der Waals surface area contributed by atoms with E-state index in [9.17, 15) is 25.0 Å². The predicted molar refractivity (Wildman–Crippen MR) is 66.5 cm³/mol. The second-order valence-corrected chi connectivity index (χ2v) is 3.92. The number of benzene rings is 1. The number of non-ortho nitro benzene ring substituents is 1. The molecule has 0 spiro atoms. The lowest BCUT2D eigenvalue weighted by molar-refractivity contribution is -0.394. The molecule has 9 nitrogen and oxygen atoms in total. The Morgan fingerprint density at radius 2 is 2.00 bits per heavy atom. The van der Waals surface area contributed by atoms with E-state index in [-0.39, 0.29) is 23.5 Å². The predicted octanol–water partition coefficient (Wildman–Crippen LogP) is 1.56. The summed E-state index contributed by atoms with van der Waals surface area (Å²) in [5.74, 6) is 0. The van der Waals surface area contributed by atoms with Crippen LogP contribution in [0.3, 0.4) is 0 Å². The van der Waals surface area contributed by atoms with Crippen LogP contribution in [0.1, 0.15) is 15.9 Å². The summed E-state index contributed by atoms with van der Waals surface area (Å²) in [6.45, 7) is 0.0438. The Morgan fingerprint density at radius 3 is 2.55 bits per heavy atom. The van der Waals surface area contributed by atoms with Crippen LogP contribution in [-0.4, -0.2) is 25.9 Å². The van der Waals surface area contributed by atoms with Crippen molar-refractivity contribution in [2.75, 3.05) is 0 Å². The molecule has 0 aliphatic carbocycles. The fourth-order valence-electron chi connectivity index (χ4n) is 1.67. The zero-order valence-electron chi connectivity index (χ0n) is 10.0. The van der Waals surface area contributed by atoms with Crippen molar-refractivity contribution in [1.29, 1.82) is 0 Å². The summed E-state index contributed by atoms with van der Waals surface area (Å²) in [6.07, 6.45) is 3.36. The molecule has 0 fully saturated rings. The van der Waals surface area contributed by atoms with Crippen LogP contribution >= 0.6 is 0 Å². The van der Waals surface area contributed by atoms with Crippen LogP contribution in [0.5, 0.6) is 0 Å². The number of rotatable bonds is 5. The Bertz CT molecular complexity index is 694. The van der Waals surface area contributed by atoms with Crippen molar-refractivity contribution in [3.8, 4) is 0 Å². The maximum Gasteiger partial charge on any atom is 0.281 e. The van der Waals surface area contributed by atoms with Gasteiger partial charge >= 0.3 is 0 Å². The summed E-state index contributed by atoms with van der Waals surface area (Å²) in [7, 11) is 0. The quantitative estimate of drug-likeness (QED) is 0.464. The molecule has 20 heavy (non-hydrogen) atoms. The van der Waals surface area contributed by atoms with E-state index in [1.54, 1.807) is 0 Å². The standard InChI is InChI=1S/C11H8N4O5/c16-7-8-4-12-13(5-8)6-9-1-2-10(14(17)18)3-11(9)15(19)20/h1-5,7H,6H2. The molecule has 1 aromatic carbocycles. The van der Waals surface area contributed by atoms with Crippen molar-refractivity contribution in [3.63, 3.8) is 0 Å². The first-order valence-corrected chi connectivity index (χ1v) is 5.40. The third kappa shape index (κ3) is 2.66. The van der Waals surface area contributed by atoms with Gasteiger partial charge in [0.25, 0.3) is 11.4 Å². The zero-order chi connectivity index (χ0) is 14.7. The average Bonchev–Trinajstić information content (AvgIpc) is 2.86. The van der Waals surface area contributed by atoms with Gasteiger partial charge in [-0.05, 0) is 6.07 Å².